The molecule has 1 aliphatic rings. The summed E-state index contributed by atoms with van der Waals surface area (Å²) in [6, 6.07) is 4.63. The molecule has 162 valence electrons. The Morgan fingerprint density at radius 3 is 2.84 bits per heavy atom. The zero-order valence-electron chi connectivity index (χ0n) is 16.8. The largest absolute Gasteiger partial charge is 0.494 e. The number of benzene rings is 1. The zero-order valence-corrected chi connectivity index (χ0v) is 16.8. The van der Waals surface area contributed by atoms with Crippen molar-refractivity contribution in [1.29, 1.82) is 0 Å². The molecule has 31 heavy (non-hydrogen) atoms. The molecule has 11 heteroatoms. The molecule has 0 atom stereocenters. The molecule has 4 N–H and O–H groups in total. The molecule has 0 aliphatic carbocycles. The van der Waals surface area contributed by atoms with Crippen molar-refractivity contribution < 1.29 is 18.7 Å². The second-order valence-electron chi connectivity index (χ2n) is 6.94. The molecule has 1 aliphatic heterocycles. The van der Waals surface area contributed by atoms with Gasteiger partial charge in [0, 0.05) is 25.6 Å². The smallest absolute Gasteiger partial charge is 0.254 e. The summed E-state index contributed by atoms with van der Waals surface area (Å²) >= 11 is 0. The maximum absolute atomic E-state index is 14.3. The van der Waals surface area contributed by atoms with Crippen LogP contribution >= 0.6 is 0 Å². The van der Waals surface area contributed by atoms with Gasteiger partial charge in [0.1, 0.15) is 22.8 Å². The molecule has 1 saturated heterocycles. The number of para-hydroxylation sites is 1. The number of hydrogen-bond donors (Lipinski definition) is 3. The first-order chi connectivity index (χ1) is 15.0. The average Bonchev–Trinajstić information content (AvgIpc) is 3.24. The molecule has 0 radical (unpaired) electrons. The number of nitrogens with one attached hydrogen (secondary N) is 2. The van der Waals surface area contributed by atoms with Gasteiger partial charge in [-0.15, -0.1) is 0 Å². The third kappa shape index (κ3) is 4.56. The number of rotatable bonds is 7. The summed E-state index contributed by atoms with van der Waals surface area (Å²) in [4.78, 5) is 20.3. The lowest BCUT2D eigenvalue weighted by atomic mass is 10.1. The van der Waals surface area contributed by atoms with Gasteiger partial charge in [0.2, 0.25) is 5.95 Å². The highest BCUT2D eigenvalue weighted by atomic mass is 19.1. The van der Waals surface area contributed by atoms with E-state index in [2.05, 4.69) is 25.7 Å². The quantitative estimate of drug-likeness (QED) is 0.525. The number of halogens is 1. The maximum Gasteiger partial charge on any atom is 0.254 e. The molecular weight excluding hydrogens is 405 g/mol. The van der Waals surface area contributed by atoms with Gasteiger partial charge in [0.25, 0.3) is 5.91 Å². The Balaban J connectivity index is 1.59. The third-order valence-electron chi connectivity index (χ3n) is 4.92. The number of carbonyl (C=O) groups excluding carboxylic acids is 1. The van der Waals surface area contributed by atoms with Crippen molar-refractivity contribution in [2.75, 3.05) is 31.0 Å². The Hall–Kier alpha value is -3.73. The fourth-order valence-electron chi connectivity index (χ4n) is 3.31. The molecule has 2 aromatic heterocycles. The van der Waals surface area contributed by atoms with Gasteiger partial charge < -0.3 is 25.8 Å². The number of nitrogens with zero attached hydrogens (tertiary/aromatic N) is 4. The van der Waals surface area contributed by atoms with Crippen LogP contribution in [0.3, 0.4) is 0 Å². The van der Waals surface area contributed by atoms with Gasteiger partial charge in [-0.05, 0) is 25.0 Å². The molecule has 10 nitrogen and oxygen atoms in total. The van der Waals surface area contributed by atoms with Crippen LogP contribution in [-0.4, -0.2) is 46.0 Å². The first-order valence-corrected chi connectivity index (χ1v) is 9.70. The van der Waals surface area contributed by atoms with Gasteiger partial charge >= 0.3 is 0 Å². The van der Waals surface area contributed by atoms with Crippen LogP contribution in [0, 0.1) is 5.82 Å². The number of hydrogen-bond acceptors (Lipinski definition) is 8. The minimum Gasteiger partial charge on any atom is -0.494 e. The lowest BCUT2D eigenvalue weighted by molar-refractivity contribution is 0.0662. The van der Waals surface area contributed by atoms with Crippen LogP contribution in [0.1, 0.15) is 29.2 Å². The molecule has 3 heterocycles. The van der Waals surface area contributed by atoms with E-state index in [0.29, 0.717) is 18.9 Å². The van der Waals surface area contributed by atoms with Gasteiger partial charge in [-0.3, -0.25) is 9.48 Å². The minimum atomic E-state index is -0.753. The molecule has 0 bridgehead atoms. The van der Waals surface area contributed by atoms with E-state index in [1.165, 1.54) is 25.4 Å². The molecule has 0 saturated carbocycles. The lowest BCUT2D eigenvalue weighted by Crippen LogP contribution is -2.19. The highest BCUT2D eigenvalue weighted by Crippen LogP contribution is 2.31. The van der Waals surface area contributed by atoms with Crippen molar-refractivity contribution in [3.05, 3.63) is 48.2 Å². The fourth-order valence-corrected chi connectivity index (χ4v) is 3.31. The summed E-state index contributed by atoms with van der Waals surface area (Å²) in [6.07, 6.45) is 6.57. The lowest BCUT2D eigenvalue weighted by Gasteiger charge is -2.22. The van der Waals surface area contributed by atoms with E-state index in [4.69, 9.17) is 15.2 Å². The number of carbonyl (C=O) groups is 1. The second kappa shape index (κ2) is 8.96. The summed E-state index contributed by atoms with van der Waals surface area (Å²) in [5.74, 6) is -0.835. The zero-order chi connectivity index (χ0) is 21.8. The first-order valence-electron chi connectivity index (χ1n) is 9.70. The Morgan fingerprint density at radius 2 is 2.10 bits per heavy atom. The van der Waals surface area contributed by atoms with Crippen LogP contribution in [-0.2, 0) is 4.74 Å². The Kier molecular flexibility index (Phi) is 5.94. The van der Waals surface area contributed by atoms with Crippen LogP contribution in [0.5, 0.6) is 5.75 Å². The van der Waals surface area contributed by atoms with Crippen molar-refractivity contribution in [1.82, 2.24) is 19.7 Å². The normalized spacial score (nSPS) is 14.3. The highest BCUT2D eigenvalue weighted by molar-refractivity contribution is 5.98. The molecule has 3 aromatic rings. The number of nitrogens with two attached hydrogens (primary N) is 1. The Bertz CT molecular complexity index is 1080. The van der Waals surface area contributed by atoms with Crippen molar-refractivity contribution >= 4 is 29.0 Å². The Labute approximate surface area is 177 Å². The summed E-state index contributed by atoms with van der Waals surface area (Å²) < 4.78 is 26.8. The van der Waals surface area contributed by atoms with Crippen LogP contribution in [0.4, 0.5) is 27.5 Å². The van der Waals surface area contributed by atoms with Gasteiger partial charge in [-0.2, -0.15) is 10.1 Å². The fraction of sp³-hybridized carbons (Fsp3) is 0.300. The van der Waals surface area contributed by atoms with E-state index in [1.54, 1.807) is 12.3 Å². The topological polar surface area (TPSA) is 129 Å². The van der Waals surface area contributed by atoms with Gasteiger partial charge in [0.05, 0.1) is 25.0 Å². The average molecular weight is 427 g/mol. The number of anilines is 4. The maximum atomic E-state index is 14.3. The van der Waals surface area contributed by atoms with Gasteiger partial charge in [-0.1, -0.05) is 6.07 Å². The summed E-state index contributed by atoms with van der Waals surface area (Å²) in [5.41, 5.74) is 6.15. The predicted molar refractivity (Wildman–Crippen MR) is 111 cm³/mol. The van der Waals surface area contributed by atoms with Crippen LogP contribution in [0.15, 0.2) is 36.8 Å². The monoisotopic (exact) mass is 427 g/mol. The number of aromatic nitrogens is 4. The van der Waals surface area contributed by atoms with E-state index in [1.807, 2.05) is 10.9 Å². The standard InChI is InChI=1S/C20H22FN7O3/c1-30-16-4-2-3-15(21)17(16)26-19-14(18(22)29)10-23-20(27-19)25-12-9-24-28(11-12)13-5-7-31-8-6-13/h2-4,9-11,13H,5-8H2,1H3,(H2,22,29)(H2,23,25,26,27). The number of ether oxygens (including phenoxy) is 2. The van der Waals surface area contributed by atoms with E-state index in [0.717, 1.165) is 12.8 Å². The van der Waals surface area contributed by atoms with Crippen LogP contribution < -0.4 is 21.1 Å². The highest BCUT2D eigenvalue weighted by Gasteiger charge is 2.19. The van der Waals surface area contributed by atoms with Crippen molar-refractivity contribution in [2.24, 2.45) is 5.73 Å². The first kappa shape index (κ1) is 20.5. The van der Waals surface area contributed by atoms with E-state index >= 15 is 0 Å². The molecular formula is C20H22FN7O3. The summed E-state index contributed by atoms with van der Waals surface area (Å²) in [5, 5.41) is 10.2. The van der Waals surface area contributed by atoms with E-state index in [9.17, 15) is 9.18 Å². The molecule has 1 fully saturated rings. The van der Waals surface area contributed by atoms with Crippen LogP contribution in [0.25, 0.3) is 0 Å². The molecule has 0 spiro atoms. The van der Waals surface area contributed by atoms with Crippen molar-refractivity contribution in [2.45, 2.75) is 18.9 Å². The van der Waals surface area contributed by atoms with Crippen molar-refractivity contribution in [3.63, 3.8) is 0 Å². The SMILES string of the molecule is COc1cccc(F)c1Nc1nc(Nc2cnn(C3CCOCC3)c2)ncc1C(N)=O. The predicted octanol–water partition coefficient (Wildman–Crippen LogP) is 2.76. The summed E-state index contributed by atoms with van der Waals surface area (Å²) in [7, 11) is 1.41. The molecule has 4 rings (SSSR count). The van der Waals surface area contributed by atoms with Crippen LogP contribution in [0.2, 0.25) is 0 Å². The van der Waals surface area contributed by atoms with E-state index in [-0.39, 0.29) is 34.8 Å². The molecule has 1 amide bonds. The number of primary amides is 1. The number of methoxy groups -OCH3 is 1. The van der Waals surface area contributed by atoms with Gasteiger partial charge in [0.15, 0.2) is 5.82 Å². The Morgan fingerprint density at radius 1 is 1.29 bits per heavy atom. The van der Waals surface area contributed by atoms with Gasteiger partial charge in [-0.25, -0.2) is 9.37 Å². The second-order valence-corrected chi connectivity index (χ2v) is 6.94. The third-order valence-corrected chi connectivity index (χ3v) is 4.92. The number of amides is 1. The van der Waals surface area contributed by atoms with E-state index < -0.39 is 11.7 Å². The van der Waals surface area contributed by atoms with Crippen molar-refractivity contribution in [3.8, 4) is 5.75 Å². The minimum absolute atomic E-state index is 0.00811. The molecule has 1 aromatic carbocycles. The summed E-state index contributed by atoms with van der Waals surface area (Å²) in [6.45, 7) is 1.42. The molecule has 0 unspecified atom stereocenters.